The second-order valence-electron chi connectivity index (χ2n) is 3.61. The van der Waals surface area contributed by atoms with Gasteiger partial charge in [-0.15, -0.1) is 6.42 Å². The van der Waals surface area contributed by atoms with E-state index < -0.39 is 0 Å². The number of hydrogen-bond donors (Lipinski definition) is 1. The fourth-order valence-electron chi connectivity index (χ4n) is 1.49. The van der Waals surface area contributed by atoms with Gasteiger partial charge in [-0.25, -0.2) is 0 Å². The maximum absolute atomic E-state index is 11.7. The lowest BCUT2D eigenvalue weighted by molar-refractivity contribution is 0.0992. The normalized spacial score (nSPS) is 9.67. The van der Waals surface area contributed by atoms with Crippen LogP contribution in [0.25, 0.3) is 0 Å². The summed E-state index contributed by atoms with van der Waals surface area (Å²) in [7, 11) is 0. The molecule has 0 radical (unpaired) electrons. The lowest BCUT2D eigenvalue weighted by atomic mass is 10.0. The zero-order valence-electron chi connectivity index (χ0n) is 9.13. The van der Waals surface area contributed by atoms with Crippen LogP contribution in [0.15, 0.2) is 18.2 Å². The van der Waals surface area contributed by atoms with E-state index in [4.69, 9.17) is 6.42 Å². The molecule has 0 amide bonds. The van der Waals surface area contributed by atoms with Crippen LogP contribution < -0.4 is 5.32 Å². The zero-order valence-corrected chi connectivity index (χ0v) is 9.13. The molecule has 1 aromatic carbocycles. The van der Waals surface area contributed by atoms with Gasteiger partial charge in [-0.3, -0.25) is 10.1 Å². The zero-order chi connectivity index (χ0) is 11.3. The second kappa shape index (κ2) is 5.33. The molecule has 2 nitrogen and oxygen atoms in total. The van der Waals surface area contributed by atoms with E-state index in [1.165, 1.54) is 0 Å². The van der Waals surface area contributed by atoms with Crippen LogP contribution in [-0.2, 0) is 0 Å². The molecule has 0 unspecified atom stereocenters. The van der Waals surface area contributed by atoms with Crippen molar-refractivity contribution in [2.45, 2.75) is 13.8 Å². The number of carbonyl (C=O) groups is 1. The molecule has 0 heterocycles. The summed E-state index contributed by atoms with van der Waals surface area (Å²) in [4.78, 5) is 11.7. The van der Waals surface area contributed by atoms with Gasteiger partial charge in [0.25, 0.3) is 0 Å². The Bertz CT molecular complexity index is 381. The summed E-state index contributed by atoms with van der Waals surface area (Å²) >= 11 is 0. The molecule has 0 aliphatic rings. The van der Waals surface area contributed by atoms with Crippen LogP contribution in [0.3, 0.4) is 0 Å². The number of rotatable bonds is 4. The summed E-state index contributed by atoms with van der Waals surface area (Å²) < 4.78 is 0. The summed E-state index contributed by atoms with van der Waals surface area (Å²) in [5.41, 5.74) is 2.96. The highest BCUT2D eigenvalue weighted by Gasteiger charge is 2.05. The van der Waals surface area contributed by atoms with Gasteiger partial charge in [0, 0.05) is 5.56 Å². The number of nitrogens with one attached hydrogen (secondary N) is 1. The molecule has 1 rings (SSSR count). The monoisotopic (exact) mass is 201 g/mol. The van der Waals surface area contributed by atoms with Crippen LogP contribution in [0.2, 0.25) is 0 Å². The Morgan fingerprint density at radius 3 is 2.47 bits per heavy atom. The molecule has 1 aromatic rings. The van der Waals surface area contributed by atoms with Crippen molar-refractivity contribution in [3.8, 4) is 12.3 Å². The average Bonchev–Trinajstić information content (AvgIpc) is 2.16. The van der Waals surface area contributed by atoms with Crippen molar-refractivity contribution in [3.63, 3.8) is 0 Å². The number of hydrogen-bond acceptors (Lipinski definition) is 2. The molecule has 0 bridgehead atoms. The van der Waals surface area contributed by atoms with E-state index in [2.05, 4.69) is 11.2 Å². The van der Waals surface area contributed by atoms with Crippen LogP contribution in [0.4, 0.5) is 0 Å². The van der Waals surface area contributed by atoms with E-state index in [1.54, 1.807) is 0 Å². The molecule has 0 aliphatic heterocycles. The lowest BCUT2D eigenvalue weighted by Crippen LogP contribution is -2.23. The maximum atomic E-state index is 11.7. The van der Waals surface area contributed by atoms with Gasteiger partial charge in [0.05, 0.1) is 13.1 Å². The van der Waals surface area contributed by atoms with Crippen molar-refractivity contribution < 1.29 is 4.79 Å². The minimum atomic E-state index is 0.0806. The fraction of sp³-hybridized carbons (Fsp3) is 0.308. The highest BCUT2D eigenvalue weighted by Crippen LogP contribution is 2.09. The molecule has 1 N–H and O–H groups in total. The topological polar surface area (TPSA) is 29.1 Å². The summed E-state index contributed by atoms with van der Waals surface area (Å²) in [6.45, 7) is 4.70. The third-order valence-corrected chi connectivity index (χ3v) is 2.06. The number of aryl methyl sites for hydroxylation is 2. The molecule has 0 saturated carbocycles. The molecule has 78 valence electrons. The van der Waals surface area contributed by atoms with Gasteiger partial charge in [-0.2, -0.15) is 0 Å². The van der Waals surface area contributed by atoms with Crippen LogP contribution in [-0.4, -0.2) is 18.9 Å². The van der Waals surface area contributed by atoms with Crippen molar-refractivity contribution in [2.75, 3.05) is 13.1 Å². The van der Waals surface area contributed by atoms with Crippen LogP contribution in [0, 0.1) is 26.2 Å². The predicted molar refractivity (Wildman–Crippen MR) is 61.9 cm³/mol. The van der Waals surface area contributed by atoms with Crippen LogP contribution in [0.5, 0.6) is 0 Å². The molecule has 0 aliphatic carbocycles. The Kier molecular flexibility index (Phi) is 4.08. The summed E-state index contributed by atoms with van der Waals surface area (Å²) in [6, 6.07) is 5.84. The Balaban J connectivity index is 2.70. The van der Waals surface area contributed by atoms with E-state index in [0.717, 1.165) is 16.7 Å². The standard InChI is InChI=1S/C13H15NO/c1-4-5-14-9-13(15)12-7-10(2)6-11(3)8-12/h1,6-8,14H,5,9H2,2-3H3. The van der Waals surface area contributed by atoms with E-state index in [-0.39, 0.29) is 5.78 Å². The van der Waals surface area contributed by atoms with Gasteiger partial charge in [-0.1, -0.05) is 23.1 Å². The first-order valence-corrected chi connectivity index (χ1v) is 4.89. The average molecular weight is 201 g/mol. The van der Waals surface area contributed by atoms with Crippen LogP contribution >= 0.6 is 0 Å². The molecule has 0 saturated heterocycles. The van der Waals surface area contributed by atoms with E-state index in [1.807, 2.05) is 32.0 Å². The van der Waals surface area contributed by atoms with Crippen molar-refractivity contribution in [3.05, 3.63) is 34.9 Å². The van der Waals surface area contributed by atoms with Gasteiger partial charge < -0.3 is 0 Å². The Morgan fingerprint density at radius 1 is 1.33 bits per heavy atom. The fourth-order valence-corrected chi connectivity index (χ4v) is 1.49. The van der Waals surface area contributed by atoms with Gasteiger partial charge >= 0.3 is 0 Å². The number of ketones is 1. The maximum Gasteiger partial charge on any atom is 0.176 e. The Hall–Kier alpha value is -1.59. The Labute approximate surface area is 90.7 Å². The van der Waals surface area contributed by atoms with Crippen molar-refractivity contribution in [2.24, 2.45) is 0 Å². The summed E-state index contributed by atoms with van der Waals surface area (Å²) in [6.07, 6.45) is 5.08. The first-order chi connectivity index (χ1) is 7.13. The van der Waals surface area contributed by atoms with Crippen molar-refractivity contribution in [1.82, 2.24) is 5.32 Å². The SMILES string of the molecule is C#CCNCC(=O)c1cc(C)cc(C)c1. The van der Waals surface area contributed by atoms with E-state index in [9.17, 15) is 4.79 Å². The number of Topliss-reactive ketones (excluding diaryl/α,β-unsaturated/α-hetero) is 1. The smallest absolute Gasteiger partial charge is 0.176 e. The van der Waals surface area contributed by atoms with Gasteiger partial charge in [-0.05, 0) is 26.0 Å². The van der Waals surface area contributed by atoms with Gasteiger partial charge in [0.1, 0.15) is 0 Å². The molecule has 0 spiro atoms. The van der Waals surface area contributed by atoms with Gasteiger partial charge in [0.2, 0.25) is 0 Å². The number of terminal acetylenes is 1. The first-order valence-electron chi connectivity index (χ1n) is 4.89. The predicted octanol–water partition coefficient (Wildman–Crippen LogP) is 1.71. The largest absolute Gasteiger partial charge is 0.299 e. The second-order valence-corrected chi connectivity index (χ2v) is 3.61. The molecular formula is C13H15NO. The molecule has 0 aromatic heterocycles. The third-order valence-electron chi connectivity index (χ3n) is 2.06. The highest BCUT2D eigenvalue weighted by atomic mass is 16.1. The minimum Gasteiger partial charge on any atom is -0.299 e. The van der Waals surface area contributed by atoms with E-state index >= 15 is 0 Å². The van der Waals surface area contributed by atoms with Gasteiger partial charge in [0.15, 0.2) is 5.78 Å². The number of carbonyl (C=O) groups excluding carboxylic acids is 1. The first kappa shape index (κ1) is 11.5. The highest BCUT2D eigenvalue weighted by molar-refractivity contribution is 5.97. The number of benzene rings is 1. The van der Waals surface area contributed by atoms with Crippen molar-refractivity contribution in [1.29, 1.82) is 0 Å². The molecule has 15 heavy (non-hydrogen) atoms. The molecule has 0 fully saturated rings. The summed E-state index contributed by atoms with van der Waals surface area (Å²) in [5.74, 6) is 2.51. The van der Waals surface area contributed by atoms with Crippen LogP contribution in [0.1, 0.15) is 21.5 Å². The third kappa shape index (κ3) is 3.57. The Morgan fingerprint density at radius 2 is 1.93 bits per heavy atom. The van der Waals surface area contributed by atoms with E-state index in [0.29, 0.717) is 13.1 Å². The minimum absolute atomic E-state index is 0.0806. The summed E-state index contributed by atoms with van der Waals surface area (Å²) in [5, 5.41) is 2.89. The molecular weight excluding hydrogens is 186 g/mol. The molecule has 0 atom stereocenters. The van der Waals surface area contributed by atoms with Crippen molar-refractivity contribution >= 4 is 5.78 Å². The molecule has 2 heteroatoms. The lowest BCUT2D eigenvalue weighted by Gasteiger charge is -2.04. The quantitative estimate of drug-likeness (QED) is 0.456.